The van der Waals surface area contributed by atoms with E-state index in [0.717, 1.165) is 44.6 Å². The van der Waals surface area contributed by atoms with Crippen molar-refractivity contribution >= 4 is 11.8 Å². The lowest BCUT2D eigenvalue weighted by molar-refractivity contribution is 0.159. The molecule has 2 aliphatic heterocycles. The third-order valence-corrected chi connectivity index (χ3v) is 4.64. The van der Waals surface area contributed by atoms with E-state index in [2.05, 4.69) is 25.2 Å². The molecule has 22 heavy (non-hydrogen) atoms. The molecule has 1 N–H and O–H groups in total. The van der Waals surface area contributed by atoms with E-state index in [4.69, 9.17) is 4.74 Å². The maximum atomic E-state index is 5.76. The second-order valence-electron chi connectivity index (χ2n) is 6.07. The lowest BCUT2D eigenvalue weighted by Gasteiger charge is -2.27. The van der Waals surface area contributed by atoms with Gasteiger partial charge in [0, 0.05) is 49.6 Å². The fraction of sp³-hybridized carbons (Fsp3) is 0.438. The Kier molecular flexibility index (Phi) is 3.38. The van der Waals surface area contributed by atoms with Crippen molar-refractivity contribution in [3.05, 3.63) is 42.9 Å². The molecular formula is C16H19N5O. The predicted molar refractivity (Wildman–Crippen MR) is 83.7 cm³/mol. The number of rotatable bonds is 4. The van der Waals surface area contributed by atoms with Crippen LogP contribution in [-0.2, 0) is 4.74 Å². The lowest BCUT2D eigenvalue weighted by atomic mass is 9.81. The van der Waals surface area contributed by atoms with Crippen LogP contribution >= 0.6 is 0 Å². The minimum absolute atomic E-state index is 0.108. The standard InChI is InChI=1S/C16H19N5O/c1-2-5-17-14(4-1)20-10-16-11-21(8-13(16)9-22-12-16)15-18-6-3-7-19-15/h1-7,13H,8-12H2,(H,17,20)/t13-,16+/m1/s1. The van der Waals surface area contributed by atoms with Gasteiger partial charge < -0.3 is 15.0 Å². The molecule has 2 aliphatic rings. The zero-order valence-electron chi connectivity index (χ0n) is 12.4. The van der Waals surface area contributed by atoms with Crippen LogP contribution in [0.5, 0.6) is 0 Å². The molecule has 0 bridgehead atoms. The van der Waals surface area contributed by atoms with Gasteiger partial charge in [-0.2, -0.15) is 0 Å². The van der Waals surface area contributed by atoms with Crippen molar-refractivity contribution in [1.29, 1.82) is 0 Å². The van der Waals surface area contributed by atoms with Gasteiger partial charge in [-0.25, -0.2) is 15.0 Å². The van der Waals surface area contributed by atoms with Crippen molar-refractivity contribution in [3.8, 4) is 0 Å². The van der Waals surface area contributed by atoms with Crippen molar-refractivity contribution in [3.63, 3.8) is 0 Å². The third kappa shape index (κ3) is 2.39. The molecule has 2 aromatic rings. The zero-order valence-corrected chi connectivity index (χ0v) is 12.4. The van der Waals surface area contributed by atoms with Crippen LogP contribution in [-0.4, -0.2) is 47.8 Å². The second kappa shape index (κ2) is 5.53. The Balaban J connectivity index is 1.50. The van der Waals surface area contributed by atoms with Crippen LogP contribution in [0.3, 0.4) is 0 Å². The smallest absolute Gasteiger partial charge is 0.225 e. The van der Waals surface area contributed by atoms with Crippen molar-refractivity contribution in [2.24, 2.45) is 11.3 Å². The molecule has 114 valence electrons. The highest BCUT2D eigenvalue weighted by atomic mass is 16.5. The average molecular weight is 297 g/mol. The summed E-state index contributed by atoms with van der Waals surface area (Å²) in [4.78, 5) is 15.4. The fourth-order valence-corrected chi connectivity index (χ4v) is 3.42. The minimum atomic E-state index is 0.108. The third-order valence-electron chi connectivity index (χ3n) is 4.64. The highest BCUT2D eigenvalue weighted by molar-refractivity contribution is 5.37. The Bertz CT molecular complexity index is 623. The van der Waals surface area contributed by atoms with Gasteiger partial charge >= 0.3 is 0 Å². The Morgan fingerprint density at radius 3 is 2.86 bits per heavy atom. The Morgan fingerprint density at radius 1 is 1.18 bits per heavy atom. The van der Waals surface area contributed by atoms with Crippen LogP contribution in [0.4, 0.5) is 11.8 Å². The summed E-state index contributed by atoms with van der Waals surface area (Å²) in [7, 11) is 0. The first kappa shape index (κ1) is 13.5. The average Bonchev–Trinajstić information content (AvgIpc) is 3.12. The summed E-state index contributed by atoms with van der Waals surface area (Å²) >= 11 is 0. The van der Waals surface area contributed by atoms with Crippen molar-refractivity contribution < 1.29 is 4.74 Å². The number of hydrogen-bond donors (Lipinski definition) is 1. The molecule has 0 saturated carbocycles. The van der Waals surface area contributed by atoms with Crippen LogP contribution in [0.15, 0.2) is 42.9 Å². The lowest BCUT2D eigenvalue weighted by Crippen LogP contribution is -2.38. The summed E-state index contributed by atoms with van der Waals surface area (Å²) in [5.41, 5.74) is 0.108. The first-order chi connectivity index (χ1) is 10.9. The van der Waals surface area contributed by atoms with Gasteiger partial charge in [-0.3, -0.25) is 0 Å². The summed E-state index contributed by atoms with van der Waals surface area (Å²) in [5, 5.41) is 3.46. The quantitative estimate of drug-likeness (QED) is 0.921. The Hall–Kier alpha value is -2.21. The topological polar surface area (TPSA) is 63.2 Å². The van der Waals surface area contributed by atoms with E-state index in [0.29, 0.717) is 5.92 Å². The normalized spacial score (nSPS) is 26.9. The van der Waals surface area contributed by atoms with E-state index >= 15 is 0 Å². The maximum Gasteiger partial charge on any atom is 0.225 e. The summed E-state index contributed by atoms with van der Waals surface area (Å²) in [6.45, 7) is 4.32. The number of anilines is 2. The monoisotopic (exact) mass is 297 g/mol. The molecule has 0 amide bonds. The summed E-state index contributed by atoms with van der Waals surface area (Å²) in [6, 6.07) is 7.76. The SMILES string of the molecule is c1ccc(NC[C@]23COC[C@H]2CN(c2ncccn2)C3)nc1. The first-order valence-corrected chi connectivity index (χ1v) is 7.60. The molecule has 2 atom stereocenters. The van der Waals surface area contributed by atoms with Crippen molar-refractivity contribution in [2.45, 2.75) is 0 Å². The van der Waals surface area contributed by atoms with E-state index in [1.165, 1.54) is 0 Å². The molecule has 0 aliphatic carbocycles. The molecule has 0 unspecified atom stereocenters. The fourth-order valence-electron chi connectivity index (χ4n) is 3.42. The number of pyridine rings is 1. The van der Waals surface area contributed by atoms with Crippen molar-refractivity contribution in [1.82, 2.24) is 15.0 Å². The van der Waals surface area contributed by atoms with Crippen LogP contribution in [0, 0.1) is 11.3 Å². The number of nitrogens with zero attached hydrogens (tertiary/aromatic N) is 4. The van der Waals surface area contributed by atoms with Gasteiger partial charge in [0.05, 0.1) is 13.2 Å². The number of ether oxygens (including phenoxy) is 1. The molecule has 0 spiro atoms. The minimum Gasteiger partial charge on any atom is -0.380 e. The molecular weight excluding hydrogens is 278 g/mol. The van der Waals surface area contributed by atoms with E-state index in [1.807, 2.05) is 24.3 Å². The van der Waals surface area contributed by atoms with Gasteiger partial charge in [-0.15, -0.1) is 0 Å². The molecule has 4 heterocycles. The maximum absolute atomic E-state index is 5.76. The van der Waals surface area contributed by atoms with Gasteiger partial charge in [0.2, 0.25) is 5.95 Å². The van der Waals surface area contributed by atoms with Crippen LogP contribution in [0.1, 0.15) is 0 Å². The molecule has 6 nitrogen and oxygen atoms in total. The highest BCUT2D eigenvalue weighted by Crippen LogP contribution is 2.42. The number of aromatic nitrogens is 3. The Labute approximate surface area is 129 Å². The molecule has 4 rings (SSSR count). The van der Waals surface area contributed by atoms with Crippen LogP contribution < -0.4 is 10.2 Å². The highest BCUT2D eigenvalue weighted by Gasteiger charge is 2.51. The Morgan fingerprint density at radius 2 is 2.05 bits per heavy atom. The van der Waals surface area contributed by atoms with Gasteiger partial charge in [-0.05, 0) is 18.2 Å². The van der Waals surface area contributed by atoms with Crippen molar-refractivity contribution in [2.75, 3.05) is 43.1 Å². The first-order valence-electron chi connectivity index (χ1n) is 7.60. The number of fused-ring (bicyclic) bond motifs is 1. The molecule has 2 fully saturated rings. The van der Waals surface area contributed by atoms with E-state index in [-0.39, 0.29) is 5.41 Å². The molecule has 0 radical (unpaired) electrons. The van der Waals surface area contributed by atoms with E-state index in [1.54, 1.807) is 18.6 Å². The largest absolute Gasteiger partial charge is 0.380 e. The van der Waals surface area contributed by atoms with Gasteiger partial charge in [0.15, 0.2) is 0 Å². The predicted octanol–water partition coefficient (Wildman–Crippen LogP) is 1.44. The summed E-state index contributed by atoms with van der Waals surface area (Å²) in [6.07, 6.45) is 5.40. The van der Waals surface area contributed by atoms with Gasteiger partial charge in [0.25, 0.3) is 0 Å². The van der Waals surface area contributed by atoms with Gasteiger partial charge in [-0.1, -0.05) is 6.07 Å². The second-order valence-corrected chi connectivity index (χ2v) is 6.07. The number of nitrogens with one attached hydrogen (secondary N) is 1. The van der Waals surface area contributed by atoms with Crippen LogP contribution in [0.25, 0.3) is 0 Å². The molecule has 2 aromatic heterocycles. The number of hydrogen-bond acceptors (Lipinski definition) is 6. The van der Waals surface area contributed by atoms with Crippen LogP contribution in [0.2, 0.25) is 0 Å². The summed E-state index contributed by atoms with van der Waals surface area (Å²) in [5.74, 6) is 2.23. The zero-order chi connectivity index (χ0) is 14.8. The molecule has 2 saturated heterocycles. The molecule has 0 aromatic carbocycles. The van der Waals surface area contributed by atoms with E-state index < -0.39 is 0 Å². The van der Waals surface area contributed by atoms with Gasteiger partial charge in [0.1, 0.15) is 5.82 Å². The molecule has 6 heteroatoms. The summed E-state index contributed by atoms with van der Waals surface area (Å²) < 4.78 is 5.76. The van der Waals surface area contributed by atoms with E-state index in [9.17, 15) is 0 Å².